The summed E-state index contributed by atoms with van der Waals surface area (Å²) in [6.07, 6.45) is 0.727. The third kappa shape index (κ3) is 8.41. The van der Waals surface area contributed by atoms with Crippen LogP contribution in [0.4, 0.5) is 4.79 Å². The summed E-state index contributed by atoms with van der Waals surface area (Å²) in [6, 6.07) is 3.52. The van der Waals surface area contributed by atoms with Crippen LogP contribution in [-0.4, -0.2) is 45.6 Å². The van der Waals surface area contributed by atoms with Gasteiger partial charge in [0, 0.05) is 0 Å². The van der Waals surface area contributed by atoms with Crippen molar-refractivity contribution in [1.82, 2.24) is 20.9 Å². The molecule has 0 aliphatic heterocycles. The lowest BCUT2D eigenvalue weighted by Gasteiger charge is -2.19. The lowest BCUT2D eigenvalue weighted by atomic mass is 10.2. The van der Waals surface area contributed by atoms with Crippen LogP contribution in [0.3, 0.4) is 0 Å². The van der Waals surface area contributed by atoms with Gasteiger partial charge < -0.3 is 25.8 Å². The Morgan fingerprint density at radius 2 is 1.90 bits per heavy atom. The van der Waals surface area contributed by atoms with Gasteiger partial charge in [0.05, 0.1) is 12.2 Å². The van der Waals surface area contributed by atoms with E-state index in [1.165, 1.54) is 26.0 Å². The number of hydrogen-bond acceptors (Lipinski definition) is 6. The van der Waals surface area contributed by atoms with Crippen LogP contribution in [0.1, 0.15) is 50.8 Å². The van der Waals surface area contributed by atoms with E-state index in [0.717, 1.165) is 0 Å². The lowest BCUT2D eigenvalue weighted by Crippen LogP contribution is -2.42. The highest BCUT2D eigenvalue weighted by Gasteiger charge is 2.20. The minimum absolute atomic E-state index is 0.0203. The lowest BCUT2D eigenvalue weighted by molar-refractivity contribution is -0.140. The highest BCUT2D eigenvalue weighted by atomic mass is 16.6. The van der Waals surface area contributed by atoms with Crippen molar-refractivity contribution < 1.29 is 29.0 Å². The second-order valence-electron chi connectivity index (χ2n) is 7.06. The Bertz CT molecular complexity index is 813. The fourth-order valence-corrected chi connectivity index (χ4v) is 1.96. The van der Waals surface area contributed by atoms with Gasteiger partial charge in [-0.05, 0) is 46.8 Å². The first-order chi connectivity index (χ1) is 13.4. The molecular weight excluding hydrogens is 380 g/mol. The number of carboxylic acid groups (broad SMARTS) is 1. The summed E-state index contributed by atoms with van der Waals surface area (Å²) >= 11 is 0. The second-order valence-corrected chi connectivity index (χ2v) is 7.06. The first kappa shape index (κ1) is 23.6. The van der Waals surface area contributed by atoms with Crippen LogP contribution in [0.2, 0.25) is 0 Å². The van der Waals surface area contributed by atoms with E-state index in [9.17, 15) is 19.2 Å². The largest absolute Gasteiger partial charge is 0.480 e. The molecule has 3 amide bonds. The summed E-state index contributed by atoms with van der Waals surface area (Å²) in [4.78, 5) is 51.2. The summed E-state index contributed by atoms with van der Waals surface area (Å²) in [5.74, 6) is -2.60. The van der Waals surface area contributed by atoms with E-state index in [1.807, 2.05) is 0 Å². The van der Waals surface area contributed by atoms with Crippen LogP contribution in [0, 0.1) is 0 Å². The molecule has 0 aliphatic carbocycles. The summed E-state index contributed by atoms with van der Waals surface area (Å²) in [5, 5.41) is 16.0. The third-order valence-electron chi connectivity index (χ3n) is 3.35. The van der Waals surface area contributed by atoms with E-state index in [0.29, 0.717) is 5.69 Å². The van der Waals surface area contributed by atoms with Crippen molar-refractivity contribution in [3.8, 4) is 0 Å². The number of aliphatic carboxylic acids is 1. The second kappa shape index (κ2) is 10.2. The SMILES string of the molecule is C/C=C(\NC(=O)c1cccc(CNC(=O)OC(C)(C)C)n1)C(=O)N[C@@H](C)C(=O)O. The van der Waals surface area contributed by atoms with Gasteiger partial charge in [0.1, 0.15) is 23.0 Å². The molecule has 0 radical (unpaired) electrons. The molecule has 4 N–H and O–H groups in total. The van der Waals surface area contributed by atoms with Crippen LogP contribution >= 0.6 is 0 Å². The highest BCUT2D eigenvalue weighted by Crippen LogP contribution is 2.07. The first-order valence-electron chi connectivity index (χ1n) is 8.87. The summed E-state index contributed by atoms with van der Waals surface area (Å²) < 4.78 is 5.13. The smallest absolute Gasteiger partial charge is 0.407 e. The molecular formula is C19H26N4O6. The Morgan fingerprint density at radius 3 is 2.45 bits per heavy atom. The number of amides is 3. The Balaban J connectivity index is 2.75. The number of pyridine rings is 1. The van der Waals surface area contributed by atoms with Gasteiger partial charge >= 0.3 is 12.1 Å². The van der Waals surface area contributed by atoms with Crippen LogP contribution in [-0.2, 0) is 20.9 Å². The topological polar surface area (TPSA) is 147 Å². The minimum atomic E-state index is -1.20. The number of rotatable bonds is 7. The standard InChI is InChI=1S/C19H26N4O6/c1-6-13(15(24)21-11(2)17(26)27)23-16(25)14-9-7-8-12(22-14)10-20-18(28)29-19(3,4)5/h6-9,11H,10H2,1-5H3,(H,20,28)(H,21,24)(H,23,25)(H,26,27)/b13-6-/t11-/m0/s1. The van der Waals surface area contributed by atoms with Crippen molar-refractivity contribution in [3.63, 3.8) is 0 Å². The fourth-order valence-electron chi connectivity index (χ4n) is 1.96. The average molecular weight is 406 g/mol. The number of nitrogens with one attached hydrogen (secondary N) is 3. The molecule has 0 unspecified atom stereocenters. The van der Waals surface area contributed by atoms with E-state index in [2.05, 4.69) is 20.9 Å². The van der Waals surface area contributed by atoms with Crippen LogP contribution in [0.5, 0.6) is 0 Å². The Labute approximate surface area is 168 Å². The van der Waals surface area contributed by atoms with Gasteiger partial charge in [0.15, 0.2) is 0 Å². The van der Waals surface area contributed by atoms with Gasteiger partial charge in [-0.3, -0.25) is 14.4 Å². The molecule has 1 aromatic rings. The molecule has 0 spiro atoms. The van der Waals surface area contributed by atoms with Crippen LogP contribution in [0.15, 0.2) is 30.0 Å². The molecule has 1 rings (SSSR count). The number of allylic oxidation sites excluding steroid dienone is 1. The number of ether oxygens (including phenoxy) is 1. The molecule has 10 nitrogen and oxygen atoms in total. The summed E-state index contributed by atoms with van der Waals surface area (Å²) in [7, 11) is 0. The number of carbonyl (C=O) groups is 4. The Hall–Kier alpha value is -3.43. The Kier molecular flexibility index (Phi) is 8.31. The third-order valence-corrected chi connectivity index (χ3v) is 3.35. The van der Waals surface area contributed by atoms with Crippen LogP contribution < -0.4 is 16.0 Å². The molecule has 158 valence electrons. The van der Waals surface area contributed by atoms with E-state index < -0.39 is 35.5 Å². The molecule has 0 fully saturated rings. The van der Waals surface area contributed by atoms with Gasteiger partial charge in [0.25, 0.3) is 11.8 Å². The molecule has 0 aromatic carbocycles. The normalized spacial score (nSPS) is 12.5. The molecule has 1 heterocycles. The molecule has 1 aromatic heterocycles. The molecule has 29 heavy (non-hydrogen) atoms. The van der Waals surface area contributed by atoms with E-state index in [4.69, 9.17) is 9.84 Å². The molecule has 0 saturated carbocycles. The highest BCUT2D eigenvalue weighted by molar-refractivity contribution is 6.02. The number of hydrogen-bond donors (Lipinski definition) is 4. The zero-order valence-corrected chi connectivity index (χ0v) is 17.0. The minimum Gasteiger partial charge on any atom is -0.480 e. The predicted molar refractivity (Wildman–Crippen MR) is 104 cm³/mol. The molecule has 0 bridgehead atoms. The maximum Gasteiger partial charge on any atom is 0.407 e. The monoisotopic (exact) mass is 406 g/mol. The number of nitrogens with zero attached hydrogens (tertiary/aromatic N) is 1. The van der Waals surface area contributed by atoms with Crippen molar-refractivity contribution in [2.24, 2.45) is 0 Å². The van der Waals surface area contributed by atoms with E-state index in [1.54, 1.807) is 32.9 Å². The van der Waals surface area contributed by atoms with Gasteiger partial charge in [-0.25, -0.2) is 9.78 Å². The fraction of sp³-hybridized carbons (Fsp3) is 0.421. The maximum absolute atomic E-state index is 12.4. The Morgan fingerprint density at radius 1 is 1.24 bits per heavy atom. The van der Waals surface area contributed by atoms with Gasteiger partial charge in [-0.15, -0.1) is 0 Å². The quantitative estimate of drug-likeness (QED) is 0.499. The average Bonchev–Trinajstić information content (AvgIpc) is 2.62. The number of carbonyl (C=O) groups excluding carboxylic acids is 3. The van der Waals surface area contributed by atoms with Crippen molar-refractivity contribution in [1.29, 1.82) is 0 Å². The van der Waals surface area contributed by atoms with Crippen molar-refractivity contribution in [3.05, 3.63) is 41.4 Å². The van der Waals surface area contributed by atoms with E-state index in [-0.39, 0.29) is 17.9 Å². The maximum atomic E-state index is 12.4. The number of carboxylic acids is 1. The molecule has 1 atom stereocenters. The molecule has 10 heteroatoms. The predicted octanol–water partition coefficient (Wildman–Crippen LogP) is 1.33. The molecule has 0 aliphatic rings. The van der Waals surface area contributed by atoms with Crippen molar-refractivity contribution in [2.75, 3.05) is 0 Å². The summed E-state index contributed by atoms with van der Waals surface area (Å²) in [6.45, 7) is 8.09. The zero-order chi connectivity index (χ0) is 22.2. The van der Waals surface area contributed by atoms with Gasteiger partial charge in [-0.1, -0.05) is 12.1 Å². The number of alkyl carbamates (subject to hydrolysis) is 1. The summed E-state index contributed by atoms with van der Waals surface area (Å²) in [5.41, 5.74) is -0.315. The van der Waals surface area contributed by atoms with Crippen molar-refractivity contribution in [2.45, 2.75) is 52.8 Å². The van der Waals surface area contributed by atoms with Crippen LogP contribution in [0.25, 0.3) is 0 Å². The van der Waals surface area contributed by atoms with Gasteiger partial charge in [0.2, 0.25) is 0 Å². The molecule has 0 saturated heterocycles. The number of aromatic nitrogens is 1. The van der Waals surface area contributed by atoms with Crippen molar-refractivity contribution >= 4 is 23.9 Å². The zero-order valence-electron chi connectivity index (χ0n) is 17.0. The van der Waals surface area contributed by atoms with Gasteiger partial charge in [-0.2, -0.15) is 0 Å². The first-order valence-corrected chi connectivity index (χ1v) is 8.87. The van der Waals surface area contributed by atoms with E-state index >= 15 is 0 Å².